The first kappa shape index (κ1) is 8.75. The average molecular weight is 239 g/mol. The Labute approximate surface area is 85.7 Å². The van der Waals surface area contributed by atoms with Gasteiger partial charge in [-0.15, -0.1) is 0 Å². The van der Waals surface area contributed by atoms with Crippen LogP contribution in [0.2, 0.25) is 0 Å². The summed E-state index contributed by atoms with van der Waals surface area (Å²) < 4.78 is 3.27. The van der Waals surface area contributed by atoms with Crippen LogP contribution in [0.1, 0.15) is 19.9 Å². The van der Waals surface area contributed by atoms with Crippen LogP contribution in [0.5, 0.6) is 0 Å². The van der Waals surface area contributed by atoms with Crippen molar-refractivity contribution in [3.63, 3.8) is 0 Å². The highest BCUT2D eigenvalue weighted by atomic mass is 79.9. The number of rotatable bonds is 1. The van der Waals surface area contributed by atoms with Gasteiger partial charge in [-0.1, -0.05) is 6.07 Å². The molecule has 0 unspecified atom stereocenters. The molecule has 0 aliphatic heterocycles. The third-order valence-electron chi connectivity index (χ3n) is 2.10. The van der Waals surface area contributed by atoms with Crippen molar-refractivity contribution in [1.82, 2.24) is 9.55 Å². The Morgan fingerprint density at radius 3 is 2.85 bits per heavy atom. The molecule has 0 amide bonds. The van der Waals surface area contributed by atoms with Gasteiger partial charge in [0.1, 0.15) is 0 Å². The van der Waals surface area contributed by atoms with Gasteiger partial charge in [-0.25, -0.2) is 4.98 Å². The first-order valence-corrected chi connectivity index (χ1v) is 5.10. The van der Waals surface area contributed by atoms with Crippen LogP contribution in [-0.2, 0) is 0 Å². The molecule has 13 heavy (non-hydrogen) atoms. The van der Waals surface area contributed by atoms with Gasteiger partial charge in [0.15, 0.2) is 0 Å². The van der Waals surface area contributed by atoms with Crippen molar-refractivity contribution in [1.29, 1.82) is 0 Å². The van der Waals surface area contributed by atoms with Crippen molar-refractivity contribution in [2.24, 2.45) is 0 Å². The van der Waals surface area contributed by atoms with Gasteiger partial charge < -0.3 is 4.57 Å². The summed E-state index contributed by atoms with van der Waals surface area (Å²) in [6, 6.07) is 6.52. The molecule has 0 aliphatic carbocycles. The molecule has 1 aromatic heterocycles. The van der Waals surface area contributed by atoms with Crippen LogP contribution < -0.4 is 0 Å². The molecule has 0 atom stereocenters. The average Bonchev–Trinajstić information content (AvgIpc) is 2.49. The van der Waals surface area contributed by atoms with E-state index in [1.807, 2.05) is 24.5 Å². The van der Waals surface area contributed by atoms with Crippen LogP contribution in [0.15, 0.2) is 29.0 Å². The van der Waals surface area contributed by atoms with Crippen molar-refractivity contribution in [2.75, 3.05) is 0 Å². The van der Waals surface area contributed by atoms with Crippen molar-refractivity contribution in [3.8, 4) is 0 Å². The molecule has 1 aromatic carbocycles. The lowest BCUT2D eigenvalue weighted by atomic mass is 10.3. The van der Waals surface area contributed by atoms with Gasteiger partial charge in [-0.05, 0) is 41.9 Å². The molecule has 0 fully saturated rings. The van der Waals surface area contributed by atoms with E-state index in [2.05, 4.69) is 39.3 Å². The summed E-state index contributed by atoms with van der Waals surface area (Å²) in [5.41, 5.74) is 2.22. The molecule has 0 bridgehead atoms. The van der Waals surface area contributed by atoms with Crippen molar-refractivity contribution >= 4 is 27.0 Å². The topological polar surface area (TPSA) is 17.8 Å². The third kappa shape index (κ3) is 1.37. The number of benzene rings is 1. The number of imidazole rings is 1. The summed E-state index contributed by atoms with van der Waals surface area (Å²) >= 11 is 3.53. The van der Waals surface area contributed by atoms with E-state index < -0.39 is 0 Å². The summed E-state index contributed by atoms with van der Waals surface area (Å²) in [6.07, 6.45) is 1.89. The fraction of sp³-hybridized carbons (Fsp3) is 0.300. The molecule has 2 rings (SSSR count). The minimum absolute atomic E-state index is 0.448. The Morgan fingerprint density at radius 1 is 1.38 bits per heavy atom. The molecule has 0 spiro atoms. The maximum Gasteiger partial charge on any atom is 0.0961 e. The number of hydrogen-bond donors (Lipinski definition) is 0. The van der Waals surface area contributed by atoms with Gasteiger partial charge in [0, 0.05) is 10.5 Å². The zero-order chi connectivity index (χ0) is 9.42. The van der Waals surface area contributed by atoms with Crippen LogP contribution in [0, 0.1) is 0 Å². The van der Waals surface area contributed by atoms with Crippen LogP contribution in [0.4, 0.5) is 0 Å². The smallest absolute Gasteiger partial charge is 0.0961 e. The normalized spacial score (nSPS) is 11.4. The quantitative estimate of drug-likeness (QED) is 0.745. The highest BCUT2D eigenvalue weighted by molar-refractivity contribution is 9.10. The summed E-state index contributed by atoms with van der Waals surface area (Å²) in [5.74, 6) is 0. The number of para-hydroxylation sites is 1. The molecule has 2 aromatic rings. The second kappa shape index (κ2) is 3.14. The summed E-state index contributed by atoms with van der Waals surface area (Å²) in [4.78, 5) is 4.33. The maximum absolute atomic E-state index is 4.33. The van der Waals surface area contributed by atoms with Crippen LogP contribution >= 0.6 is 15.9 Å². The molecule has 0 radical (unpaired) electrons. The van der Waals surface area contributed by atoms with Crippen LogP contribution in [0.25, 0.3) is 11.0 Å². The number of nitrogens with zero attached hydrogens (tertiary/aromatic N) is 2. The van der Waals surface area contributed by atoms with Gasteiger partial charge in [-0.2, -0.15) is 0 Å². The minimum Gasteiger partial charge on any atom is -0.327 e. The van der Waals surface area contributed by atoms with Crippen molar-refractivity contribution in [3.05, 3.63) is 29.0 Å². The van der Waals surface area contributed by atoms with E-state index in [1.54, 1.807) is 0 Å². The third-order valence-corrected chi connectivity index (χ3v) is 2.74. The number of hydrogen-bond acceptors (Lipinski definition) is 1. The minimum atomic E-state index is 0.448. The zero-order valence-corrected chi connectivity index (χ0v) is 9.25. The van der Waals surface area contributed by atoms with Crippen LogP contribution in [0.3, 0.4) is 0 Å². The van der Waals surface area contributed by atoms with Crippen molar-refractivity contribution in [2.45, 2.75) is 19.9 Å². The van der Waals surface area contributed by atoms with Gasteiger partial charge in [-0.3, -0.25) is 0 Å². The highest BCUT2D eigenvalue weighted by Crippen LogP contribution is 2.25. The zero-order valence-electron chi connectivity index (χ0n) is 7.66. The highest BCUT2D eigenvalue weighted by Gasteiger charge is 2.07. The molecule has 0 saturated carbocycles. The number of aromatic nitrogens is 2. The lowest BCUT2D eigenvalue weighted by molar-refractivity contribution is 0.617. The van der Waals surface area contributed by atoms with E-state index >= 15 is 0 Å². The Balaban J connectivity index is 2.79. The van der Waals surface area contributed by atoms with Crippen molar-refractivity contribution < 1.29 is 0 Å². The summed E-state index contributed by atoms with van der Waals surface area (Å²) in [6.45, 7) is 4.31. The molecule has 0 aliphatic rings. The van der Waals surface area contributed by atoms with Gasteiger partial charge in [0.25, 0.3) is 0 Å². The van der Waals surface area contributed by atoms with E-state index in [4.69, 9.17) is 0 Å². The molecule has 1 heterocycles. The van der Waals surface area contributed by atoms with Crippen LogP contribution in [-0.4, -0.2) is 9.55 Å². The Hall–Kier alpha value is -0.830. The molecular weight excluding hydrogens is 228 g/mol. The van der Waals surface area contributed by atoms with E-state index in [9.17, 15) is 0 Å². The van der Waals surface area contributed by atoms with Gasteiger partial charge >= 0.3 is 0 Å². The molecule has 0 N–H and O–H groups in total. The first-order valence-electron chi connectivity index (χ1n) is 4.31. The van der Waals surface area contributed by atoms with E-state index in [0.29, 0.717) is 6.04 Å². The fourth-order valence-corrected chi connectivity index (χ4v) is 2.00. The molecule has 2 nitrogen and oxygen atoms in total. The lowest BCUT2D eigenvalue weighted by Crippen LogP contribution is -1.98. The maximum atomic E-state index is 4.33. The fourth-order valence-electron chi connectivity index (χ4n) is 1.44. The first-order chi connectivity index (χ1) is 6.20. The van der Waals surface area contributed by atoms with Gasteiger partial charge in [0.2, 0.25) is 0 Å². The SMILES string of the molecule is CC(C)n1cnc2cccc(Br)c21. The molecule has 0 saturated heterocycles. The predicted molar refractivity (Wildman–Crippen MR) is 57.8 cm³/mol. The molecule has 3 heteroatoms. The standard InChI is InChI=1S/C10H11BrN2/c1-7(2)13-6-12-9-5-3-4-8(11)10(9)13/h3-7H,1-2H3. The van der Waals surface area contributed by atoms with E-state index in [-0.39, 0.29) is 0 Å². The Bertz CT molecular complexity index is 431. The summed E-state index contributed by atoms with van der Waals surface area (Å²) in [7, 11) is 0. The monoisotopic (exact) mass is 238 g/mol. The van der Waals surface area contributed by atoms with Gasteiger partial charge in [0.05, 0.1) is 17.4 Å². The predicted octanol–water partition coefficient (Wildman–Crippen LogP) is 3.38. The van der Waals surface area contributed by atoms with E-state index in [1.165, 1.54) is 5.52 Å². The Kier molecular flexibility index (Phi) is 2.12. The Morgan fingerprint density at radius 2 is 2.15 bits per heavy atom. The molecular formula is C10H11BrN2. The second-order valence-electron chi connectivity index (χ2n) is 3.35. The molecule has 68 valence electrons. The van der Waals surface area contributed by atoms with E-state index in [0.717, 1.165) is 9.99 Å². The largest absolute Gasteiger partial charge is 0.327 e. The number of halogens is 1. The lowest BCUT2D eigenvalue weighted by Gasteiger charge is -2.08. The number of fused-ring (bicyclic) bond motifs is 1. The summed E-state index contributed by atoms with van der Waals surface area (Å²) in [5, 5.41) is 0. The second-order valence-corrected chi connectivity index (χ2v) is 4.21.